The van der Waals surface area contributed by atoms with Crippen molar-refractivity contribution in [2.75, 3.05) is 54.8 Å². The van der Waals surface area contributed by atoms with Crippen LogP contribution in [0, 0.1) is 5.41 Å². The number of aliphatic imine (C=N–C) groups is 1. The molecule has 206 valence electrons. The Hall–Kier alpha value is -4.01. The Kier molecular flexibility index (Phi) is 7.94. The molecule has 2 amide bonds. The second-order valence-electron chi connectivity index (χ2n) is 9.43. The number of alkyl halides is 3. The van der Waals surface area contributed by atoms with Crippen molar-refractivity contribution in [2.24, 2.45) is 21.9 Å². The van der Waals surface area contributed by atoms with Gasteiger partial charge < -0.3 is 31.3 Å². The van der Waals surface area contributed by atoms with Crippen molar-refractivity contribution in [3.8, 4) is 5.75 Å². The van der Waals surface area contributed by atoms with Gasteiger partial charge in [0, 0.05) is 32.7 Å². The fourth-order valence-electron chi connectivity index (χ4n) is 4.82. The van der Waals surface area contributed by atoms with Crippen molar-refractivity contribution in [1.82, 2.24) is 14.9 Å². The number of rotatable bonds is 8. The number of nitrogens with one attached hydrogen (secondary N) is 3. The second-order valence-corrected chi connectivity index (χ2v) is 9.43. The summed E-state index contributed by atoms with van der Waals surface area (Å²) in [5.74, 6) is -0.612. The van der Waals surface area contributed by atoms with Crippen LogP contribution in [0.3, 0.4) is 0 Å². The standard InChI is InChI=1S/C23H30F3N9O3/c24-23(25,26)38-17-5-2-1-4-15(17)31-21(37)33-20-30-12-16(18(36)32-20)35-10-6-22(7-11-35)13-34(14-22)9-3-8-29-19(27)28/h1-2,4-5,12H,3,6-11,13-14H2,(H4,27,28,29)(H3,30,31,32,33,36,37). The molecule has 2 aliphatic heterocycles. The molecule has 0 atom stereocenters. The third kappa shape index (κ3) is 7.06. The van der Waals surface area contributed by atoms with E-state index in [1.165, 1.54) is 24.4 Å². The number of urea groups is 1. The molecule has 0 unspecified atom stereocenters. The molecule has 2 aliphatic rings. The number of aromatic nitrogens is 2. The molecule has 4 rings (SSSR count). The van der Waals surface area contributed by atoms with Gasteiger partial charge in [-0.3, -0.25) is 20.1 Å². The van der Waals surface area contributed by atoms with Crippen LogP contribution in [0.4, 0.5) is 35.3 Å². The average molecular weight is 538 g/mol. The van der Waals surface area contributed by atoms with E-state index in [1.54, 1.807) is 0 Å². The molecule has 2 saturated heterocycles. The molecule has 1 aromatic carbocycles. The summed E-state index contributed by atoms with van der Waals surface area (Å²) < 4.78 is 41.7. The van der Waals surface area contributed by atoms with E-state index in [0.29, 0.717) is 25.3 Å². The van der Waals surface area contributed by atoms with Crippen LogP contribution in [0.1, 0.15) is 19.3 Å². The summed E-state index contributed by atoms with van der Waals surface area (Å²) in [6.45, 7) is 4.97. The van der Waals surface area contributed by atoms with Gasteiger partial charge >= 0.3 is 12.4 Å². The largest absolute Gasteiger partial charge is 0.573 e. The lowest BCUT2D eigenvalue weighted by Crippen LogP contribution is -2.60. The minimum atomic E-state index is -4.92. The first-order chi connectivity index (χ1) is 18.0. The number of hydrogen-bond donors (Lipinski definition) is 5. The fraction of sp³-hybridized carbons (Fsp3) is 0.478. The van der Waals surface area contributed by atoms with Gasteiger partial charge in [-0.05, 0) is 43.4 Å². The Morgan fingerprint density at radius 2 is 1.89 bits per heavy atom. The maximum Gasteiger partial charge on any atom is 0.573 e. The maximum absolute atomic E-state index is 12.7. The summed E-state index contributed by atoms with van der Waals surface area (Å²) in [4.78, 5) is 39.9. The number of benzene rings is 1. The van der Waals surface area contributed by atoms with Crippen LogP contribution >= 0.6 is 0 Å². The number of anilines is 3. The lowest BCUT2D eigenvalue weighted by molar-refractivity contribution is -0.274. The number of ether oxygens (including phenoxy) is 1. The number of halogens is 3. The SMILES string of the molecule is NC(N)=NCCCN1CC2(CCN(c3cnc(NC(=O)Nc4ccccc4OC(F)(F)F)[nH]c3=O)CC2)C1. The molecule has 2 aromatic rings. The number of para-hydroxylation sites is 2. The van der Waals surface area contributed by atoms with Gasteiger partial charge in [0.05, 0.1) is 11.9 Å². The van der Waals surface area contributed by atoms with Crippen molar-refractivity contribution >= 4 is 29.3 Å². The van der Waals surface area contributed by atoms with E-state index in [2.05, 4.69) is 35.2 Å². The summed E-state index contributed by atoms with van der Waals surface area (Å²) in [6, 6.07) is 4.19. The molecule has 3 heterocycles. The molecular weight excluding hydrogens is 507 g/mol. The van der Waals surface area contributed by atoms with E-state index < -0.39 is 23.7 Å². The van der Waals surface area contributed by atoms with Crippen LogP contribution in [-0.4, -0.2) is 72.5 Å². The lowest BCUT2D eigenvalue weighted by atomic mass is 9.72. The summed E-state index contributed by atoms with van der Waals surface area (Å²) in [7, 11) is 0. The number of hydrogen-bond acceptors (Lipinski definition) is 7. The number of carbonyl (C=O) groups excluding carboxylic acids is 1. The van der Waals surface area contributed by atoms with E-state index >= 15 is 0 Å². The van der Waals surface area contributed by atoms with E-state index in [-0.39, 0.29) is 23.0 Å². The van der Waals surface area contributed by atoms with Gasteiger partial charge in [-0.15, -0.1) is 13.2 Å². The van der Waals surface area contributed by atoms with E-state index in [0.717, 1.165) is 45.0 Å². The summed E-state index contributed by atoms with van der Waals surface area (Å²) >= 11 is 0. The van der Waals surface area contributed by atoms with Crippen LogP contribution in [0.15, 0.2) is 40.2 Å². The Bertz CT molecular complexity index is 1210. The monoisotopic (exact) mass is 537 g/mol. The zero-order chi connectivity index (χ0) is 27.3. The minimum Gasteiger partial charge on any atom is -0.404 e. The van der Waals surface area contributed by atoms with Gasteiger partial charge in [0.2, 0.25) is 5.95 Å². The van der Waals surface area contributed by atoms with Crippen LogP contribution in [0.25, 0.3) is 0 Å². The highest BCUT2D eigenvalue weighted by Gasteiger charge is 2.44. The molecule has 12 nitrogen and oxygen atoms in total. The van der Waals surface area contributed by atoms with Gasteiger partial charge in [-0.25, -0.2) is 9.78 Å². The smallest absolute Gasteiger partial charge is 0.404 e. The number of likely N-dealkylation sites (tertiary alicyclic amines) is 1. The molecule has 1 spiro atoms. The first-order valence-corrected chi connectivity index (χ1v) is 12.1. The van der Waals surface area contributed by atoms with Crippen LogP contribution in [-0.2, 0) is 0 Å². The average Bonchev–Trinajstić information content (AvgIpc) is 2.81. The third-order valence-corrected chi connectivity index (χ3v) is 6.58. The van der Waals surface area contributed by atoms with Gasteiger partial charge in [0.15, 0.2) is 11.7 Å². The van der Waals surface area contributed by atoms with Crippen molar-refractivity contribution in [3.63, 3.8) is 0 Å². The summed E-state index contributed by atoms with van der Waals surface area (Å²) in [6.07, 6.45) is -0.757. The van der Waals surface area contributed by atoms with Crippen molar-refractivity contribution in [3.05, 3.63) is 40.8 Å². The first kappa shape index (κ1) is 27.0. The number of aromatic amines is 1. The van der Waals surface area contributed by atoms with Gasteiger partial charge in [0.25, 0.3) is 5.56 Å². The molecular formula is C23H30F3N9O3. The van der Waals surface area contributed by atoms with Crippen LogP contribution in [0.2, 0.25) is 0 Å². The molecule has 2 fully saturated rings. The predicted molar refractivity (Wildman–Crippen MR) is 136 cm³/mol. The molecule has 38 heavy (non-hydrogen) atoms. The number of nitrogens with two attached hydrogens (primary N) is 2. The predicted octanol–water partition coefficient (Wildman–Crippen LogP) is 1.88. The number of carbonyl (C=O) groups is 1. The lowest BCUT2D eigenvalue weighted by Gasteiger charge is -2.54. The molecule has 0 radical (unpaired) electrons. The van der Waals surface area contributed by atoms with E-state index in [4.69, 9.17) is 11.5 Å². The van der Waals surface area contributed by atoms with Gasteiger partial charge in [0.1, 0.15) is 5.69 Å². The van der Waals surface area contributed by atoms with Gasteiger partial charge in [-0.1, -0.05) is 12.1 Å². The quantitative estimate of drug-likeness (QED) is 0.193. The molecule has 0 bridgehead atoms. The minimum absolute atomic E-state index is 0.106. The zero-order valence-corrected chi connectivity index (χ0v) is 20.6. The Morgan fingerprint density at radius 3 is 2.55 bits per heavy atom. The summed E-state index contributed by atoms with van der Waals surface area (Å²) in [5, 5.41) is 4.57. The molecule has 15 heteroatoms. The number of amides is 2. The van der Waals surface area contributed by atoms with Crippen LogP contribution in [0.5, 0.6) is 5.75 Å². The highest BCUT2D eigenvalue weighted by Crippen LogP contribution is 2.41. The highest BCUT2D eigenvalue weighted by atomic mass is 19.4. The second kappa shape index (κ2) is 11.2. The van der Waals surface area contributed by atoms with E-state index in [1.807, 2.05) is 4.90 Å². The number of H-pyrrole nitrogens is 1. The van der Waals surface area contributed by atoms with Crippen molar-refractivity contribution in [2.45, 2.75) is 25.6 Å². The normalized spacial score (nSPS) is 17.0. The molecule has 0 aliphatic carbocycles. The third-order valence-electron chi connectivity index (χ3n) is 6.58. The summed E-state index contributed by atoms with van der Waals surface area (Å²) in [5.41, 5.74) is 10.7. The maximum atomic E-state index is 12.7. The van der Waals surface area contributed by atoms with E-state index in [9.17, 15) is 22.8 Å². The zero-order valence-electron chi connectivity index (χ0n) is 20.6. The topological polar surface area (TPSA) is 167 Å². The van der Waals surface area contributed by atoms with Crippen molar-refractivity contribution in [1.29, 1.82) is 0 Å². The first-order valence-electron chi connectivity index (χ1n) is 12.1. The number of nitrogens with zero attached hydrogens (tertiary/aromatic N) is 4. The highest BCUT2D eigenvalue weighted by molar-refractivity contribution is 5.99. The van der Waals surface area contributed by atoms with Crippen LogP contribution < -0.4 is 37.3 Å². The fourth-order valence-corrected chi connectivity index (χ4v) is 4.82. The molecule has 7 N–H and O–H groups in total. The Labute approximate surface area is 216 Å². The molecule has 1 aromatic heterocycles. The number of guanidine groups is 1. The van der Waals surface area contributed by atoms with Crippen molar-refractivity contribution < 1.29 is 22.7 Å². The molecule has 0 saturated carbocycles. The Morgan fingerprint density at radius 1 is 1.18 bits per heavy atom. The Balaban J connectivity index is 1.27. The number of piperidine rings is 1. The van der Waals surface area contributed by atoms with Gasteiger partial charge in [-0.2, -0.15) is 0 Å².